The average molecular weight is 452 g/mol. The number of ether oxygens (including phenoxy) is 1. The molecular weight excluding hydrogens is 422 g/mol. The number of hydrogen-bond acceptors (Lipinski definition) is 6. The number of aliphatic hydroxyl groups is 1. The first-order chi connectivity index (χ1) is 15.9. The van der Waals surface area contributed by atoms with Gasteiger partial charge in [0.05, 0.1) is 18.6 Å². The first-order valence-electron chi connectivity index (χ1n) is 10.8. The van der Waals surface area contributed by atoms with Crippen molar-refractivity contribution >= 4 is 17.7 Å². The summed E-state index contributed by atoms with van der Waals surface area (Å²) in [6.07, 6.45) is -0.562. The Morgan fingerprint density at radius 1 is 1.03 bits per heavy atom. The highest BCUT2D eigenvalue weighted by Crippen LogP contribution is 2.21. The van der Waals surface area contributed by atoms with Gasteiger partial charge >= 0.3 is 6.09 Å². The summed E-state index contributed by atoms with van der Waals surface area (Å²) in [6, 6.07) is 15.9. The van der Waals surface area contributed by atoms with E-state index in [0.717, 1.165) is 11.1 Å². The molecule has 0 unspecified atom stereocenters. The van der Waals surface area contributed by atoms with Crippen LogP contribution in [0, 0.1) is 5.92 Å². The molecule has 3 aromatic rings. The van der Waals surface area contributed by atoms with E-state index in [9.17, 15) is 9.59 Å². The number of carbonyl (C=O) groups is 2. The van der Waals surface area contributed by atoms with E-state index < -0.39 is 18.1 Å². The van der Waals surface area contributed by atoms with Crippen molar-refractivity contribution in [2.24, 2.45) is 5.92 Å². The Bertz CT molecular complexity index is 1050. The van der Waals surface area contributed by atoms with Crippen LogP contribution >= 0.6 is 0 Å². The van der Waals surface area contributed by atoms with Crippen LogP contribution in [0.4, 0.5) is 10.5 Å². The third kappa shape index (κ3) is 6.63. The maximum absolute atomic E-state index is 12.6. The summed E-state index contributed by atoms with van der Waals surface area (Å²) in [4.78, 5) is 29.4. The number of hydrogen-bond donors (Lipinski definition) is 4. The van der Waals surface area contributed by atoms with Crippen molar-refractivity contribution < 1.29 is 19.4 Å². The van der Waals surface area contributed by atoms with Gasteiger partial charge in [0, 0.05) is 5.69 Å². The van der Waals surface area contributed by atoms with Gasteiger partial charge in [0.25, 0.3) is 0 Å². The summed E-state index contributed by atoms with van der Waals surface area (Å²) >= 11 is 0. The lowest BCUT2D eigenvalue weighted by Crippen LogP contribution is -2.33. The molecule has 2 atom stereocenters. The molecular formula is C24H29N5O4. The monoisotopic (exact) mass is 451 g/mol. The number of rotatable bonds is 9. The Morgan fingerprint density at radius 3 is 2.36 bits per heavy atom. The van der Waals surface area contributed by atoms with Gasteiger partial charge in [-0.3, -0.25) is 9.89 Å². The van der Waals surface area contributed by atoms with Gasteiger partial charge in [-0.25, -0.2) is 9.78 Å². The molecule has 0 bridgehead atoms. The quantitative estimate of drug-likeness (QED) is 0.393. The topological polar surface area (TPSA) is 129 Å². The predicted molar refractivity (Wildman–Crippen MR) is 123 cm³/mol. The standard InChI is InChI=1S/C24H29N5O4/c1-15(2)20(26-24(32)33-14-18-7-5-4-6-8-18)22-27-21(28-29-22)16(3)23(31)25-19-11-9-17(13-30)10-12-19/h4-12,15-16,20,30H,13-14H2,1-3H3,(H,25,31)(H,26,32)(H,27,28,29)/t16-,20+/m1/s1. The number of benzene rings is 2. The normalized spacial score (nSPS) is 12.8. The molecule has 33 heavy (non-hydrogen) atoms. The number of nitrogens with zero attached hydrogens (tertiary/aromatic N) is 2. The highest BCUT2D eigenvalue weighted by molar-refractivity contribution is 5.95. The lowest BCUT2D eigenvalue weighted by Gasteiger charge is -2.19. The SMILES string of the molecule is CC(C)[C@H](NC(=O)OCc1ccccc1)c1nc([C@@H](C)C(=O)Nc2ccc(CO)cc2)n[nH]1. The smallest absolute Gasteiger partial charge is 0.408 e. The predicted octanol–water partition coefficient (Wildman–Crippen LogP) is 3.66. The molecule has 4 N–H and O–H groups in total. The number of amides is 2. The number of nitrogens with one attached hydrogen (secondary N) is 3. The zero-order chi connectivity index (χ0) is 23.8. The maximum atomic E-state index is 12.6. The zero-order valence-corrected chi connectivity index (χ0v) is 18.9. The minimum atomic E-state index is -0.620. The summed E-state index contributed by atoms with van der Waals surface area (Å²) in [5, 5.41) is 21.8. The van der Waals surface area contributed by atoms with Gasteiger partial charge in [0.15, 0.2) is 5.82 Å². The van der Waals surface area contributed by atoms with E-state index in [1.807, 2.05) is 44.2 Å². The van der Waals surface area contributed by atoms with E-state index in [1.54, 1.807) is 31.2 Å². The first kappa shape index (κ1) is 23.9. The fourth-order valence-electron chi connectivity index (χ4n) is 3.12. The second-order valence-electron chi connectivity index (χ2n) is 8.07. The molecule has 0 aliphatic rings. The lowest BCUT2D eigenvalue weighted by atomic mass is 10.0. The fourth-order valence-corrected chi connectivity index (χ4v) is 3.12. The Hall–Kier alpha value is -3.72. The Balaban J connectivity index is 1.61. The van der Waals surface area contributed by atoms with Gasteiger partial charge in [-0.1, -0.05) is 56.3 Å². The minimum Gasteiger partial charge on any atom is -0.445 e. The van der Waals surface area contributed by atoms with Gasteiger partial charge in [-0.15, -0.1) is 0 Å². The molecule has 0 saturated carbocycles. The Labute approximate surface area is 192 Å². The van der Waals surface area contributed by atoms with Crippen LogP contribution in [0.3, 0.4) is 0 Å². The van der Waals surface area contributed by atoms with Crippen molar-refractivity contribution in [2.45, 2.75) is 45.9 Å². The van der Waals surface area contributed by atoms with Gasteiger partial charge in [0.2, 0.25) is 5.91 Å². The Kier molecular flexibility index (Phi) is 8.15. The van der Waals surface area contributed by atoms with Gasteiger partial charge in [0.1, 0.15) is 12.4 Å². The fraction of sp³-hybridized carbons (Fsp3) is 0.333. The van der Waals surface area contributed by atoms with E-state index in [4.69, 9.17) is 9.84 Å². The van der Waals surface area contributed by atoms with E-state index in [1.165, 1.54) is 0 Å². The molecule has 2 aromatic carbocycles. The van der Waals surface area contributed by atoms with E-state index in [0.29, 0.717) is 17.3 Å². The molecule has 0 spiro atoms. The number of aliphatic hydroxyl groups excluding tert-OH is 1. The van der Waals surface area contributed by atoms with Crippen molar-refractivity contribution in [3.8, 4) is 0 Å². The average Bonchev–Trinajstić information content (AvgIpc) is 3.31. The summed E-state index contributed by atoms with van der Waals surface area (Å²) < 4.78 is 5.31. The van der Waals surface area contributed by atoms with E-state index >= 15 is 0 Å². The van der Waals surface area contributed by atoms with Crippen LogP contribution in [0.2, 0.25) is 0 Å². The number of carbonyl (C=O) groups excluding carboxylic acids is 2. The molecule has 3 rings (SSSR count). The lowest BCUT2D eigenvalue weighted by molar-refractivity contribution is -0.117. The molecule has 0 saturated heterocycles. The summed E-state index contributed by atoms with van der Waals surface area (Å²) in [7, 11) is 0. The van der Waals surface area contributed by atoms with Crippen LogP contribution in [-0.2, 0) is 22.7 Å². The second-order valence-corrected chi connectivity index (χ2v) is 8.07. The van der Waals surface area contributed by atoms with Crippen molar-refractivity contribution in [1.29, 1.82) is 0 Å². The number of alkyl carbamates (subject to hydrolysis) is 1. The van der Waals surface area contributed by atoms with Crippen LogP contribution in [0.15, 0.2) is 54.6 Å². The third-order valence-corrected chi connectivity index (χ3v) is 5.15. The van der Waals surface area contributed by atoms with Gasteiger partial charge < -0.3 is 20.5 Å². The number of anilines is 1. The van der Waals surface area contributed by atoms with E-state index in [-0.39, 0.29) is 25.0 Å². The van der Waals surface area contributed by atoms with Crippen LogP contribution < -0.4 is 10.6 Å². The van der Waals surface area contributed by atoms with Crippen LogP contribution in [-0.4, -0.2) is 32.3 Å². The van der Waals surface area contributed by atoms with Crippen LogP contribution in [0.25, 0.3) is 0 Å². The molecule has 0 fully saturated rings. The number of H-pyrrole nitrogens is 1. The van der Waals surface area contributed by atoms with Gasteiger partial charge in [-0.2, -0.15) is 5.10 Å². The molecule has 174 valence electrons. The third-order valence-electron chi connectivity index (χ3n) is 5.15. The number of aromatic amines is 1. The van der Waals surface area contributed by atoms with E-state index in [2.05, 4.69) is 25.8 Å². The van der Waals surface area contributed by atoms with Crippen molar-refractivity contribution in [3.05, 3.63) is 77.4 Å². The Morgan fingerprint density at radius 2 is 1.73 bits per heavy atom. The van der Waals surface area contributed by atoms with Crippen molar-refractivity contribution in [1.82, 2.24) is 20.5 Å². The second kappa shape index (κ2) is 11.2. The zero-order valence-electron chi connectivity index (χ0n) is 18.9. The summed E-state index contributed by atoms with van der Waals surface area (Å²) in [5.74, 6) is -0.119. The maximum Gasteiger partial charge on any atom is 0.408 e. The molecule has 0 aliphatic carbocycles. The molecule has 0 aliphatic heterocycles. The summed E-state index contributed by atoms with van der Waals surface area (Å²) in [5.41, 5.74) is 2.26. The van der Waals surface area contributed by atoms with Crippen molar-refractivity contribution in [3.63, 3.8) is 0 Å². The molecule has 9 nitrogen and oxygen atoms in total. The minimum absolute atomic E-state index is 0.00393. The molecule has 9 heteroatoms. The molecule has 1 heterocycles. The highest BCUT2D eigenvalue weighted by Gasteiger charge is 2.26. The molecule has 1 aromatic heterocycles. The molecule has 2 amide bonds. The van der Waals surface area contributed by atoms with Crippen molar-refractivity contribution in [2.75, 3.05) is 5.32 Å². The van der Waals surface area contributed by atoms with Crippen LogP contribution in [0.1, 0.15) is 55.5 Å². The van der Waals surface area contributed by atoms with Crippen LogP contribution in [0.5, 0.6) is 0 Å². The highest BCUT2D eigenvalue weighted by atomic mass is 16.5. The first-order valence-corrected chi connectivity index (χ1v) is 10.8. The van der Waals surface area contributed by atoms with Gasteiger partial charge in [-0.05, 0) is 36.1 Å². The largest absolute Gasteiger partial charge is 0.445 e. The summed E-state index contributed by atoms with van der Waals surface area (Å²) in [6.45, 7) is 5.69. The number of aromatic nitrogens is 3. The molecule has 0 radical (unpaired) electrons.